The number of anilines is 1. The Hall–Kier alpha value is -3.19. The first-order valence-corrected chi connectivity index (χ1v) is 10.5. The molecular weight excluding hydrogens is 394 g/mol. The van der Waals surface area contributed by atoms with Gasteiger partial charge in [0, 0.05) is 17.3 Å². The zero-order chi connectivity index (χ0) is 21.9. The quantitative estimate of drug-likeness (QED) is 0.743. The van der Waals surface area contributed by atoms with Crippen molar-refractivity contribution >= 4 is 23.4 Å². The Morgan fingerprint density at radius 3 is 2.42 bits per heavy atom. The van der Waals surface area contributed by atoms with E-state index in [1.165, 1.54) is 4.90 Å². The van der Waals surface area contributed by atoms with E-state index in [0.717, 1.165) is 11.1 Å². The molecule has 3 amide bonds. The SMILES string of the molecule is COc1ccc(CN2C(=O)[C@H]3[C@@H](C2=O)[C@]2(N[C@H]3C(C)C)C(=O)Nc3ccccc32)cc1. The number of rotatable bonds is 4. The molecule has 3 heterocycles. The Labute approximate surface area is 180 Å². The number of hydrogen-bond acceptors (Lipinski definition) is 5. The van der Waals surface area contributed by atoms with Crippen molar-refractivity contribution in [1.29, 1.82) is 0 Å². The first kappa shape index (κ1) is 19.8. The van der Waals surface area contributed by atoms with Gasteiger partial charge in [0.15, 0.2) is 0 Å². The molecule has 31 heavy (non-hydrogen) atoms. The van der Waals surface area contributed by atoms with Crippen molar-refractivity contribution in [2.75, 3.05) is 12.4 Å². The molecule has 2 aromatic rings. The minimum absolute atomic E-state index is 0.0742. The molecule has 160 valence electrons. The number of nitrogens with one attached hydrogen (secondary N) is 2. The summed E-state index contributed by atoms with van der Waals surface area (Å²) in [4.78, 5) is 41.8. The Morgan fingerprint density at radius 2 is 1.74 bits per heavy atom. The summed E-state index contributed by atoms with van der Waals surface area (Å²) in [6.45, 7) is 4.20. The number of methoxy groups -OCH3 is 1. The molecule has 2 saturated heterocycles. The summed E-state index contributed by atoms with van der Waals surface area (Å²) in [5, 5.41) is 6.35. The van der Waals surface area contributed by atoms with E-state index in [9.17, 15) is 14.4 Å². The average Bonchev–Trinajstić information content (AvgIpc) is 3.35. The molecule has 3 aliphatic heterocycles. The van der Waals surface area contributed by atoms with Gasteiger partial charge in [0.25, 0.3) is 0 Å². The van der Waals surface area contributed by atoms with Crippen molar-refractivity contribution in [3.8, 4) is 5.75 Å². The van der Waals surface area contributed by atoms with Crippen molar-refractivity contribution in [2.45, 2.75) is 32.0 Å². The third-order valence-corrected chi connectivity index (χ3v) is 6.87. The van der Waals surface area contributed by atoms with E-state index in [4.69, 9.17) is 4.74 Å². The number of benzene rings is 2. The van der Waals surface area contributed by atoms with Gasteiger partial charge in [-0.3, -0.25) is 24.6 Å². The number of carbonyl (C=O) groups is 3. The molecule has 5 rings (SSSR count). The molecule has 3 aliphatic rings. The van der Waals surface area contributed by atoms with E-state index >= 15 is 0 Å². The van der Waals surface area contributed by atoms with Crippen LogP contribution in [0.2, 0.25) is 0 Å². The normalized spacial score (nSPS) is 29.0. The number of imide groups is 1. The lowest BCUT2D eigenvalue weighted by Crippen LogP contribution is -2.53. The van der Waals surface area contributed by atoms with Gasteiger partial charge in [0.1, 0.15) is 11.3 Å². The van der Waals surface area contributed by atoms with Gasteiger partial charge >= 0.3 is 0 Å². The minimum Gasteiger partial charge on any atom is -0.497 e. The third kappa shape index (κ3) is 2.66. The van der Waals surface area contributed by atoms with Gasteiger partial charge in [-0.1, -0.05) is 44.2 Å². The Bertz CT molecular complexity index is 1080. The fourth-order valence-corrected chi connectivity index (χ4v) is 5.39. The van der Waals surface area contributed by atoms with E-state index in [1.54, 1.807) is 7.11 Å². The minimum atomic E-state index is -1.22. The van der Waals surface area contributed by atoms with Crippen LogP contribution in [0.15, 0.2) is 48.5 Å². The summed E-state index contributed by atoms with van der Waals surface area (Å²) < 4.78 is 5.19. The molecular formula is C24H25N3O4. The summed E-state index contributed by atoms with van der Waals surface area (Å²) in [7, 11) is 1.59. The number of likely N-dealkylation sites (tertiary alicyclic amines) is 1. The van der Waals surface area contributed by atoms with Crippen LogP contribution in [-0.4, -0.2) is 35.8 Å². The highest BCUT2D eigenvalue weighted by atomic mass is 16.5. The van der Waals surface area contributed by atoms with E-state index in [0.29, 0.717) is 11.4 Å². The van der Waals surface area contributed by atoms with Crippen molar-refractivity contribution in [3.05, 3.63) is 59.7 Å². The first-order chi connectivity index (χ1) is 14.9. The molecule has 0 radical (unpaired) electrons. The highest BCUT2D eigenvalue weighted by molar-refractivity contribution is 6.15. The molecule has 1 spiro atoms. The average molecular weight is 419 g/mol. The number of para-hydroxylation sites is 1. The molecule has 2 aromatic carbocycles. The number of hydrogen-bond donors (Lipinski definition) is 2. The van der Waals surface area contributed by atoms with Crippen LogP contribution in [0.25, 0.3) is 0 Å². The molecule has 4 atom stereocenters. The molecule has 0 aliphatic carbocycles. The number of ether oxygens (including phenoxy) is 1. The zero-order valence-electron chi connectivity index (χ0n) is 17.7. The standard InChI is InChI=1S/C24H25N3O4/c1-13(2)20-18-19(24(26-20)16-6-4-5-7-17(16)25-23(24)30)22(29)27(21(18)28)12-14-8-10-15(31-3)11-9-14/h4-11,13,18-20,26H,12H2,1-3H3,(H,25,30)/t18-,19-,20-,24-/m0/s1. The van der Waals surface area contributed by atoms with E-state index in [2.05, 4.69) is 10.6 Å². The lowest BCUT2D eigenvalue weighted by molar-refractivity contribution is -0.143. The maximum Gasteiger partial charge on any atom is 0.250 e. The van der Waals surface area contributed by atoms with Gasteiger partial charge in [0.2, 0.25) is 17.7 Å². The van der Waals surface area contributed by atoms with Gasteiger partial charge in [-0.2, -0.15) is 0 Å². The predicted octanol–water partition coefficient (Wildman–Crippen LogP) is 2.27. The summed E-state index contributed by atoms with van der Waals surface area (Å²) in [6.07, 6.45) is 0. The molecule has 0 bridgehead atoms. The summed E-state index contributed by atoms with van der Waals surface area (Å²) in [6, 6.07) is 14.4. The monoisotopic (exact) mass is 419 g/mol. The first-order valence-electron chi connectivity index (χ1n) is 10.5. The molecule has 0 aromatic heterocycles. The number of fused-ring (bicyclic) bond motifs is 4. The maximum absolute atomic E-state index is 13.7. The largest absolute Gasteiger partial charge is 0.497 e. The lowest BCUT2D eigenvalue weighted by Gasteiger charge is -2.30. The van der Waals surface area contributed by atoms with Gasteiger partial charge in [-0.15, -0.1) is 0 Å². The van der Waals surface area contributed by atoms with Crippen LogP contribution in [0.5, 0.6) is 5.75 Å². The van der Waals surface area contributed by atoms with Gasteiger partial charge in [0.05, 0.1) is 25.5 Å². The molecule has 2 N–H and O–H groups in total. The van der Waals surface area contributed by atoms with Crippen LogP contribution in [0, 0.1) is 17.8 Å². The summed E-state index contributed by atoms with van der Waals surface area (Å²) in [5.41, 5.74) is 1.04. The highest BCUT2D eigenvalue weighted by Crippen LogP contribution is 2.54. The topological polar surface area (TPSA) is 87.7 Å². The second kappa shape index (κ2) is 6.92. The zero-order valence-corrected chi connectivity index (χ0v) is 17.7. The third-order valence-electron chi connectivity index (χ3n) is 6.87. The van der Waals surface area contributed by atoms with Crippen LogP contribution in [0.4, 0.5) is 5.69 Å². The van der Waals surface area contributed by atoms with Crippen LogP contribution >= 0.6 is 0 Å². The Kier molecular flexibility index (Phi) is 4.41. The van der Waals surface area contributed by atoms with Crippen molar-refractivity contribution < 1.29 is 19.1 Å². The van der Waals surface area contributed by atoms with Crippen LogP contribution in [0.3, 0.4) is 0 Å². The van der Waals surface area contributed by atoms with Crippen LogP contribution < -0.4 is 15.4 Å². The molecule has 2 fully saturated rings. The maximum atomic E-state index is 13.7. The van der Waals surface area contributed by atoms with E-state index in [1.807, 2.05) is 62.4 Å². The molecule has 7 heteroatoms. The second-order valence-electron chi connectivity index (χ2n) is 8.84. The highest BCUT2D eigenvalue weighted by Gasteiger charge is 2.70. The molecule has 7 nitrogen and oxygen atoms in total. The summed E-state index contributed by atoms with van der Waals surface area (Å²) in [5.74, 6) is -1.34. The van der Waals surface area contributed by atoms with Crippen molar-refractivity contribution in [3.63, 3.8) is 0 Å². The fourth-order valence-electron chi connectivity index (χ4n) is 5.39. The van der Waals surface area contributed by atoms with Crippen molar-refractivity contribution in [1.82, 2.24) is 10.2 Å². The number of amides is 3. The summed E-state index contributed by atoms with van der Waals surface area (Å²) >= 11 is 0. The fraction of sp³-hybridized carbons (Fsp3) is 0.375. The molecule has 0 unspecified atom stereocenters. The van der Waals surface area contributed by atoms with Crippen LogP contribution in [0.1, 0.15) is 25.0 Å². The van der Waals surface area contributed by atoms with Crippen molar-refractivity contribution in [2.24, 2.45) is 17.8 Å². The van der Waals surface area contributed by atoms with Gasteiger partial charge in [-0.05, 0) is 29.7 Å². The Balaban J connectivity index is 1.56. The smallest absolute Gasteiger partial charge is 0.250 e. The number of nitrogens with zero attached hydrogens (tertiary/aromatic N) is 1. The van der Waals surface area contributed by atoms with E-state index in [-0.39, 0.29) is 36.2 Å². The van der Waals surface area contributed by atoms with Gasteiger partial charge < -0.3 is 10.1 Å². The Morgan fingerprint density at radius 1 is 1.03 bits per heavy atom. The number of carbonyl (C=O) groups excluding carboxylic acids is 3. The second-order valence-corrected chi connectivity index (χ2v) is 8.84. The molecule has 0 saturated carbocycles. The van der Waals surface area contributed by atoms with Gasteiger partial charge in [-0.25, -0.2) is 0 Å². The predicted molar refractivity (Wildman–Crippen MR) is 114 cm³/mol. The van der Waals surface area contributed by atoms with Crippen LogP contribution in [-0.2, 0) is 26.5 Å². The lowest BCUT2D eigenvalue weighted by atomic mass is 9.76. The van der Waals surface area contributed by atoms with E-state index < -0.39 is 17.4 Å².